The van der Waals surface area contributed by atoms with Gasteiger partial charge in [0.2, 0.25) is 10.0 Å². The number of hydrogen-bond donors (Lipinski definition) is 2. The van der Waals surface area contributed by atoms with Crippen molar-refractivity contribution < 1.29 is 27.5 Å². The van der Waals surface area contributed by atoms with Gasteiger partial charge in [0.05, 0.1) is 17.2 Å². The van der Waals surface area contributed by atoms with Crippen LogP contribution in [0.2, 0.25) is 0 Å². The number of hydrogen-bond acceptors (Lipinski definition) is 6. The summed E-state index contributed by atoms with van der Waals surface area (Å²) >= 11 is 0. The predicted octanol–water partition coefficient (Wildman–Crippen LogP) is 0.377. The molecule has 1 aliphatic heterocycles. The van der Waals surface area contributed by atoms with E-state index in [1.165, 1.54) is 18.2 Å². The van der Waals surface area contributed by atoms with Crippen LogP contribution in [0.15, 0.2) is 23.1 Å². The van der Waals surface area contributed by atoms with Crippen LogP contribution >= 0.6 is 0 Å². The third-order valence-electron chi connectivity index (χ3n) is 2.98. The number of benzene rings is 1. The van der Waals surface area contributed by atoms with E-state index in [0.29, 0.717) is 6.42 Å². The van der Waals surface area contributed by atoms with E-state index in [-0.39, 0.29) is 22.9 Å². The van der Waals surface area contributed by atoms with Crippen LogP contribution in [-0.2, 0) is 24.3 Å². The number of primary sulfonamides is 1. The molecule has 1 aliphatic rings. The highest BCUT2D eigenvalue weighted by atomic mass is 32.2. The van der Waals surface area contributed by atoms with Gasteiger partial charge in [-0.1, -0.05) is 13.3 Å². The highest BCUT2D eigenvalue weighted by Gasteiger charge is 2.35. The molecule has 1 aromatic carbocycles. The average Bonchev–Trinajstić information content (AvgIpc) is 2.45. The van der Waals surface area contributed by atoms with Crippen LogP contribution in [0.3, 0.4) is 0 Å². The molecule has 0 saturated carbocycles. The van der Waals surface area contributed by atoms with Gasteiger partial charge >= 0.3 is 5.97 Å². The zero-order chi connectivity index (χ0) is 16.3. The molecular weight excluding hydrogens is 312 g/mol. The van der Waals surface area contributed by atoms with E-state index in [1.54, 1.807) is 0 Å². The summed E-state index contributed by atoms with van der Waals surface area (Å²) < 4.78 is 32.8. The van der Waals surface area contributed by atoms with Crippen LogP contribution in [0, 0.1) is 0 Å². The van der Waals surface area contributed by atoms with Crippen molar-refractivity contribution >= 4 is 27.6 Å². The van der Waals surface area contributed by atoms with Crippen molar-refractivity contribution in [3.05, 3.63) is 18.2 Å². The average molecular weight is 328 g/mol. The van der Waals surface area contributed by atoms with Crippen molar-refractivity contribution in [3.63, 3.8) is 0 Å². The van der Waals surface area contributed by atoms with Crippen molar-refractivity contribution in [3.8, 4) is 5.75 Å². The van der Waals surface area contributed by atoms with Crippen molar-refractivity contribution in [2.24, 2.45) is 5.14 Å². The SMILES string of the molecule is CCCCOC(=O)C1Oc2ccc(S(N)(=O)=O)cc2NC1=O. The van der Waals surface area contributed by atoms with E-state index in [9.17, 15) is 18.0 Å². The van der Waals surface area contributed by atoms with Gasteiger partial charge in [-0.3, -0.25) is 4.79 Å². The number of esters is 1. The molecule has 0 spiro atoms. The Hall–Kier alpha value is -2.13. The first-order chi connectivity index (χ1) is 10.3. The zero-order valence-electron chi connectivity index (χ0n) is 11.9. The smallest absolute Gasteiger partial charge is 0.357 e. The monoisotopic (exact) mass is 328 g/mol. The first kappa shape index (κ1) is 16.2. The summed E-state index contributed by atoms with van der Waals surface area (Å²) in [5.41, 5.74) is 0.133. The topological polar surface area (TPSA) is 125 Å². The van der Waals surface area contributed by atoms with Gasteiger partial charge in [0, 0.05) is 0 Å². The molecule has 0 radical (unpaired) electrons. The van der Waals surface area contributed by atoms with E-state index in [2.05, 4.69) is 5.32 Å². The maximum Gasteiger partial charge on any atom is 0.357 e. The molecule has 1 unspecified atom stereocenters. The molecule has 1 atom stereocenters. The molecule has 0 aromatic heterocycles. The number of carbonyl (C=O) groups excluding carboxylic acids is 2. The first-order valence-electron chi connectivity index (χ1n) is 6.64. The minimum atomic E-state index is -3.90. The summed E-state index contributed by atoms with van der Waals surface area (Å²) in [7, 11) is -3.90. The van der Waals surface area contributed by atoms with E-state index in [4.69, 9.17) is 14.6 Å². The normalized spacial score (nSPS) is 17.2. The lowest BCUT2D eigenvalue weighted by Gasteiger charge is -2.24. The van der Waals surface area contributed by atoms with Crippen LogP contribution < -0.4 is 15.2 Å². The van der Waals surface area contributed by atoms with Gasteiger partial charge in [-0.05, 0) is 24.6 Å². The lowest BCUT2D eigenvalue weighted by Crippen LogP contribution is -2.44. The molecular formula is C13H16N2O6S. The summed E-state index contributed by atoms with van der Waals surface area (Å²) in [6.07, 6.45) is 0.128. The maximum atomic E-state index is 11.9. The van der Waals surface area contributed by atoms with Gasteiger partial charge in [-0.2, -0.15) is 0 Å². The van der Waals surface area contributed by atoms with Crippen LogP contribution in [0.1, 0.15) is 19.8 Å². The summed E-state index contributed by atoms with van der Waals surface area (Å²) in [5.74, 6) is -1.34. The maximum absolute atomic E-state index is 11.9. The molecule has 22 heavy (non-hydrogen) atoms. The van der Waals surface area contributed by atoms with E-state index in [1.807, 2.05) is 6.92 Å². The number of nitrogens with one attached hydrogen (secondary N) is 1. The van der Waals surface area contributed by atoms with Crippen molar-refractivity contribution in [1.82, 2.24) is 0 Å². The fourth-order valence-corrected chi connectivity index (χ4v) is 2.35. The third-order valence-corrected chi connectivity index (χ3v) is 3.89. The molecule has 0 fully saturated rings. The Morgan fingerprint density at radius 1 is 1.45 bits per heavy atom. The fraction of sp³-hybridized carbons (Fsp3) is 0.385. The van der Waals surface area contributed by atoms with E-state index >= 15 is 0 Å². The Kier molecular flexibility index (Phi) is 4.67. The van der Waals surface area contributed by atoms with Gasteiger partial charge in [0.25, 0.3) is 12.0 Å². The lowest BCUT2D eigenvalue weighted by atomic mass is 10.2. The van der Waals surface area contributed by atoms with Crippen molar-refractivity contribution in [2.45, 2.75) is 30.8 Å². The minimum absolute atomic E-state index is 0.133. The molecule has 9 heteroatoms. The molecule has 2 rings (SSSR count). The van der Waals surface area contributed by atoms with Crippen LogP contribution in [0.25, 0.3) is 0 Å². The van der Waals surface area contributed by atoms with E-state index in [0.717, 1.165) is 6.42 Å². The molecule has 1 aromatic rings. The zero-order valence-corrected chi connectivity index (χ0v) is 12.7. The van der Waals surface area contributed by atoms with Crippen molar-refractivity contribution in [1.29, 1.82) is 0 Å². The van der Waals surface area contributed by atoms with Crippen molar-refractivity contribution in [2.75, 3.05) is 11.9 Å². The number of ether oxygens (including phenoxy) is 2. The van der Waals surface area contributed by atoms with E-state index < -0.39 is 28.0 Å². The van der Waals surface area contributed by atoms with Crippen LogP contribution in [0.4, 0.5) is 5.69 Å². The predicted molar refractivity (Wildman–Crippen MR) is 76.7 cm³/mol. The molecule has 0 bridgehead atoms. The number of unbranched alkanes of at least 4 members (excludes halogenated alkanes) is 1. The summed E-state index contributed by atoms with van der Waals surface area (Å²) in [6, 6.07) is 3.72. The fourth-order valence-electron chi connectivity index (χ4n) is 1.81. The van der Waals surface area contributed by atoms with Gasteiger partial charge in [0.15, 0.2) is 0 Å². The Morgan fingerprint density at radius 3 is 2.82 bits per heavy atom. The van der Waals surface area contributed by atoms with Crippen LogP contribution in [0.5, 0.6) is 5.75 Å². The van der Waals surface area contributed by atoms with Gasteiger partial charge in [0.1, 0.15) is 5.75 Å². The third kappa shape index (κ3) is 3.55. The largest absolute Gasteiger partial charge is 0.466 e. The number of carbonyl (C=O) groups is 2. The molecule has 0 saturated heterocycles. The second-order valence-electron chi connectivity index (χ2n) is 4.71. The number of amides is 1. The second-order valence-corrected chi connectivity index (χ2v) is 6.27. The molecule has 0 aliphatic carbocycles. The highest BCUT2D eigenvalue weighted by Crippen LogP contribution is 2.31. The number of nitrogens with two attached hydrogens (primary N) is 1. The molecule has 1 amide bonds. The molecule has 120 valence electrons. The number of rotatable bonds is 5. The summed E-state index contributed by atoms with van der Waals surface area (Å²) in [6.45, 7) is 2.15. The Labute approximate surface area is 127 Å². The lowest BCUT2D eigenvalue weighted by molar-refractivity contribution is -0.155. The summed E-state index contributed by atoms with van der Waals surface area (Å²) in [5, 5.41) is 7.42. The minimum Gasteiger partial charge on any atom is -0.466 e. The first-order valence-corrected chi connectivity index (χ1v) is 8.18. The highest BCUT2D eigenvalue weighted by molar-refractivity contribution is 7.89. The Balaban J connectivity index is 2.17. The number of anilines is 1. The second kappa shape index (κ2) is 6.32. The standard InChI is InChI=1S/C13H16N2O6S/c1-2-3-6-20-13(17)11-12(16)15-9-7-8(22(14,18)19)4-5-10(9)21-11/h4-5,7,11H,2-3,6H2,1H3,(H,15,16)(H2,14,18,19). The quantitative estimate of drug-likeness (QED) is 0.457. The molecule has 3 N–H and O–H groups in total. The molecule has 1 heterocycles. The number of sulfonamides is 1. The molecule has 8 nitrogen and oxygen atoms in total. The Morgan fingerprint density at radius 2 is 2.18 bits per heavy atom. The van der Waals surface area contributed by atoms with Gasteiger partial charge in [-0.15, -0.1) is 0 Å². The summed E-state index contributed by atoms with van der Waals surface area (Å²) in [4.78, 5) is 23.5. The number of fused-ring (bicyclic) bond motifs is 1. The van der Waals surface area contributed by atoms with Crippen LogP contribution in [-0.4, -0.2) is 33.0 Å². The van der Waals surface area contributed by atoms with Gasteiger partial charge < -0.3 is 14.8 Å². The Bertz CT molecular complexity index is 700. The van der Waals surface area contributed by atoms with Gasteiger partial charge in [-0.25, -0.2) is 18.4 Å².